The summed E-state index contributed by atoms with van der Waals surface area (Å²) in [5.41, 5.74) is -0.507. The molecule has 1 fully saturated rings. The molecule has 2 N–H and O–H groups in total. The number of aliphatic carboxylic acids is 1. The molecule has 1 aliphatic heterocycles. The number of esters is 1. The number of halogens is 3. The Labute approximate surface area is 158 Å². The van der Waals surface area contributed by atoms with Crippen LogP contribution in [0.2, 0.25) is 0 Å². The molecule has 0 aliphatic carbocycles. The Morgan fingerprint density at radius 3 is 2.21 bits per heavy atom. The number of rotatable bonds is 4. The molecule has 1 saturated heterocycles. The van der Waals surface area contributed by atoms with Crippen LogP contribution in [-0.2, 0) is 20.9 Å². The minimum Gasteiger partial charge on any atom is -0.475 e. The number of carbonyl (C=O) groups excluding carboxylic acids is 1. The molecule has 0 bridgehead atoms. The molecule has 0 spiro atoms. The first-order valence-electron chi connectivity index (χ1n) is 8.29. The minimum absolute atomic E-state index is 0.0852. The molecule has 11 heteroatoms. The molecule has 0 radical (unpaired) electrons. The lowest BCUT2D eigenvalue weighted by molar-refractivity contribution is -0.192. The van der Waals surface area contributed by atoms with E-state index in [0.717, 1.165) is 19.4 Å². The summed E-state index contributed by atoms with van der Waals surface area (Å²) in [5, 5.41) is 16.0. The summed E-state index contributed by atoms with van der Waals surface area (Å²) in [6.07, 6.45) is -3.42. The van der Waals surface area contributed by atoms with Crippen molar-refractivity contribution in [3.63, 3.8) is 0 Å². The van der Waals surface area contributed by atoms with E-state index in [1.54, 1.807) is 6.07 Å². The van der Waals surface area contributed by atoms with E-state index >= 15 is 0 Å². The number of likely N-dealkylation sites (tertiary alicyclic amines) is 1. The summed E-state index contributed by atoms with van der Waals surface area (Å²) in [6.45, 7) is 6.71. The van der Waals surface area contributed by atoms with E-state index in [1.807, 2.05) is 25.7 Å². The Hall–Kier alpha value is -2.56. The van der Waals surface area contributed by atoms with Gasteiger partial charge in [-0.1, -0.05) is 0 Å². The molecule has 1 atom stereocenters. The van der Waals surface area contributed by atoms with Gasteiger partial charge in [0.15, 0.2) is 0 Å². The second-order valence-corrected chi connectivity index (χ2v) is 7.04. The van der Waals surface area contributed by atoms with Crippen molar-refractivity contribution in [2.45, 2.75) is 58.0 Å². The molecule has 2 heterocycles. The summed E-state index contributed by atoms with van der Waals surface area (Å²) in [6, 6.07) is 2.77. The summed E-state index contributed by atoms with van der Waals surface area (Å²) in [5.74, 6) is -3.62. The van der Waals surface area contributed by atoms with Crippen LogP contribution in [0.3, 0.4) is 0 Å². The second-order valence-electron chi connectivity index (χ2n) is 7.04. The number of hydrogen-bond acceptors (Lipinski definition) is 6. The van der Waals surface area contributed by atoms with Crippen LogP contribution in [0, 0.1) is 0 Å². The summed E-state index contributed by atoms with van der Waals surface area (Å²) < 4.78 is 42.4. The second kappa shape index (κ2) is 9.09. The van der Waals surface area contributed by atoms with Gasteiger partial charge in [-0.2, -0.15) is 13.2 Å². The van der Waals surface area contributed by atoms with Crippen molar-refractivity contribution in [2.24, 2.45) is 0 Å². The third-order valence-corrected chi connectivity index (χ3v) is 3.52. The van der Waals surface area contributed by atoms with E-state index in [4.69, 9.17) is 24.2 Å². The maximum Gasteiger partial charge on any atom is 0.490 e. The normalized spacial score (nSPS) is 17.6. The van der Waals surface area contributed by atoms with Crippen LogP contribution in [0.25, 0.3) is 0 Å². The van der Waals surface area contributed by atoms with E-state index in [1.165, 1.54) is 6.07 Å². The SMILES string of the molecule is CC(C)(C)OC(=O)[C@H]1CCCN1Cc1ccc(C(=O)O)o1.O=C(O)C(F)(F)F. The van der Waals surface area contributed by atoms with Crippen molar-refractivity contribution in [1.82, 2.24) is 4.90 Å². The van der Waals surface area contributed by atoms with Gasteiger partial charge in [0.25, 0.3) is 0 Å². The molecule has 0 aromatic carbocycles. The molecule has 1 aromatic heterocycles. The molecule has 158 valence electrons. The Morgan fingerprint density at radius 1 is 1.21 bits per heavy atom. The van der Waals surface area contributed by atoms with Crippen molar-refractivity contribution >= 4 is 17.9 Å². The van der Waals surface area contributed by atoms with Crippen molar-refractivity contribution in [1.29, 1.82) is 0 Å². The van der Waals surface area contributed by atoms with Crippen LogP contribution in [-0.4, -0.2) is 57.4 Å². The third-order valence-electron chi connectivity index (χ3n) is 3.52. The van der Waals surface area contributed by atoms with Gasteiger partial charge in [0.05, 0.1) is 6.54 Å². The molecule has 2 rings (SSSR count). The fourth-order valence-electron chi connectivity index (χ4n) is 2.43. The highest BCUT2D eigenvalue weighted by Gasteiger charge is 2.38. The van der Waals surface area contributed by atoms with Crippen LogP contribution in [0.5, 0.6) is 0 Å². The molecular formula is C17H22F3NO7. The molecule has 0 saturated carbocycles. The van der Waals surface area contributed by atoms with Gasteiger partial charge in [-0.05, 0) is 52.3 Å². The molecule has 1 aliphatic rings. The highest BCUT2D eigenvalue weighted by molar-refractivity contribution is 5.84. The molecule has 28 heavy (non-hydrogen) atoms. The first kappa shape index (κ1) is 23.5. The van der Waals surface area contributed by atoms with Gasteiger partial charge in [0.2, 0.25) is 5.76 Å². The van der Waals surface area contributed by atoms with Gasteiger partial charge in [0.1, 0.15) is 17.4 Å². The van der Waals surface area contributed by atoms with Gasteiger partial charge < -0.3 is 19.4 Å². The number of hydrogen-bond donors (Lipinski definition) is 2. The van der Waals surface area contributed by atoms with Crippen LogP contribution >= 0.6 is 0 Å². The number of alkyl halides is 3. The number of ether oxygens (including phenoxy) is 1. The van der Waals surface area contributed by atoms with E-state index in [9.17, 15) is 22.8 Å². The van der Waals surface area contributed by atoms with Crippen LogP contribution < -0.4 is 0 Å². The Bertz CT molecular complexity index is 706. The van der Waals surface area contributed by atoms with Crippen LogP contribution in [0.4, 0.5) is 13.2 Å². The van der Waals surface area contributed by atoms with Crippen molar-refractivity contribution in [2.75, 3.05) is 6.54 Å². The zero-order valence-corrected chi connectivity index (χ0v) is 15.6. The Morgan fingerprint density at radius 2 is 1.79 bits per heavy atom. The smallest absolute Gasteiger partial charge is 0.475 e. The topological polar surface area (TPSA) is 117 Å². The average Bonchev–Trinajstić information content (AvgIpc) is 3.14. The number of carboxylic acid groups (broad SMARTS) is 2. The first-order chi connectivity index (χ1) is 12.7. The number of furan rings is 1. The zero-order chi connectivity index (χ0) is 21.7. The zero-order valence-electron chi connectivity index (χ0n) is 15.6. The van der Waals surface area contributed by atoms with Crippen LogP contribution in [0.1, 0.15) is 49.9 Å². The van der Waals surface area contributed by atoms with Gasteiger partial charge in [-0.25, -0.2) is 9.59 Å². The Kier molecular flexibility index (Phi) is 7.62. The highest BCUT2D eigenvalue weighted by atomic mass is 19.4. The largest absolute Gasteiger partial charge is 0.490 e. The number of nitrogens with zero attached hydrogens (tertiary/aromatic N) is 1. The third kappa shape index (κ3) is 7.59. The van der Waals surface area contributed by atoms with Crippen LogP contribution in [0.15, 0.2) is 16.5 Å². The fraction of sp³-hybridized carbons (Fsp3) is 0.588. The summed E-state index contributed by atoms with van der Waals surface area (Å²) >= 11 is 0. The van der Waals surface area contributed by atoms with E-state index in [-0.39, 0.29) is 17.8 Å². The van der Waals surface area contributed by atoms with E-state index in [2.05, 4.69) is 0 Å². The van der Waals surface area contributed by atoms with Gasteiger partial charge >= 0.3 is 24.1 Å². The molecule has 1 aromatic rings. The van der Waals surface area contributed by atoms with Gasteiger partial charge in [-0.3, -0.25) is 9.69 Å². The average molecular weight is 409 g/mol. The van der Waals surface area contributed by atoms with Crippen molar-refractivity contribution in [3.05, 3.63) is 23.7 Å². The highest BCUT2D eigenvalue weighted by Crippen LogP contribution is 2.24. The Balaban J connectivity index is 0.000000480. The van der Waals surface area contributed by atoms with Crippen molar-refractivity contribution < 1.29 is 46.9 Å². The van der Waals surface area contributed by atoms with Gasteiger partial charge in [0, 0.05) is 0 Å². The standard InChI is InChI=1S/C15H21NO5.C2HF3O2/c1-15(2,3)21-14(19)11-5-4-8-16(11)9-10-6-7-12(20-10)13(17)18;3-2(4,5)1(6)7/h6-7,11H,4-5,8-9H2,1-3H3,(H,17,18);(H,6,7)/t11-;/m1./s1. The maximum absolute atomic E-state index is 12.2. The van der Waals surface area contributed by atoms with Gasteiger partial charge in [-0.15, -0.1) is 0 Å². The molecule has 0 amide bonds. The van der Waals surface area contributed by atoms with Crippen molar-refractivity contribution in [3.8, 4) is 0 Å². The predicted molar refractivity (Wildman–Crippen MR) is 88.6 cm³/mol. The lowest BCUT2D eigenvalue weighted by Gasteiger charge is -2.26. The number of carbonyl (C=O) groups is 3. The van der Waals surface area contributed by atoms with E-state index in [0.29, 0.717) is 12.3 Å². The lowest BCUT2D eigenvalue weighted by Crippen LogP contribution is -2.40. The molecular weight excluding hydrogens is 387 g/mol. The minimum atomic E-state index is -5.08. The predicted octanol–water partition coefficient (Wildman–Crippen LogP) is 2.92. The summed E-state index contributed by atoms with van der Waals surface area (Å²) in [7, 11) is 0. The number of aromatic carboxylic acids is 1. The monoisotopic (exact) mass is 409 g/mol. The molecule has 0 unspecified atom stereocenters. The quantitative estimate of drug-likeness (QED) is 0.729. The first-order valence-corrected chi connectivity index (χ1v) is 8.29. The van der Waals surface area contributed by atoms with E-state index < -0.39 is 23.7 Å². The molecule has 8 nitrogen and oxygen atoms in total. The maximum atomic E-state index is 12.2. The number of carboxylic acids is 2. The summed E-state index contributed by atoms with van der Waals surface area (Å²) in [4.78, 5) is 33.9. The fourth-order valence-corrected chi connectivity index (χ4v) is 2.43. The lowest BCUT2D eigenvalue weighted by atomic mass is 10.1.